The third-order valence-corrected chi connectivity index (χ3v) is 4.29. The number of carbonyl (C=O) groups is 1. The van der Waals surface area contributed by atoms with Gasteiger partial charge in [0, 0.05) is 12.1 Å². The minimum atomic E-state index is -0.783. The van der Waals surface area contributed by atoms with E-state index in [-0.39, 0.29) is 12.1 Å². The smallest absolute Gasteiger partial charge is 0.310 e. The predicted octanol–water partition coefficient (Wildman–Crippen LogP) is 1.66. The molecule has 1 fully saturated rings. The molecule has 1 aromatic rings. The first-order chi connectivity index (χ1) is 10.0. The summed E-state index contributed by atoms with van der Waals surface area (Å²) in [5.74, 6) is -0.362. The molecule has 0 aliphatic carbocycles. The van der Waals surface area contributed by atoms with E-state index in [1.807, 2.05) is 31.3 Å². The van der Waals surface area contributed by atoms with Crippen LogP contribution < -0.4 is 4.74 Å². The molecular weight excluding hydrogens is 270 g/mol. The van der Waals surface area contributed by atoms with Crippen molar-refractivity contribution in [2.75, 3.05) is 27.4 Å². The van der Waals surface area contributed by atoms with Gasteiger partial charge in [0.15, 0.2) is 0 Å². The lowest BCUT2D eigenvalue weighted by Crippen LogP contribution is -2.46. The lowest BCUT2D eigenvalue weighted by molar-refractivity contribution is -0.143. The first kappa shape index (κ1) is 15.8. The van der Waals surface area contributed by atoms with Gasteiger partial charge in [-0.05, 0) is 32.0 Å². The van der Waals surface area contributed by atoms with Crippen LogP contribution in [0.1, 0.15) is 12.5 Å². The zero-order valence-corrected chi connectivity index (χ0v) is 12.8. The van der Waals surface area contributed by atoms with Crippen LogP contribution in [0.25, 0.3) is 0 Å². The Kier molecular flexibility index (Phi) is 5.20. The van der Waals surface area contributed by atoms with Crippen molar-refractivity contribution in [1.29, 1.82) is 0 Å². The molecule has 3 unspecified atom stereocenters. The van der Waals surface area contributed by atoms with Gasteiger partial charge < -0.3 is 14.6 Å². The zero-order chi connectivity index (χ0) is 15.4. The number of hydrogen-bond acceptors (Lipinski definition) is 4. The van der Waals surface area contributed by atoms with Crippen LogP contribution in [0.3, 0.4) is 0 Å². The molecule has 116 valence electrons. The van der Waals surface area contributed by atoms with E-state index < -0.39 is 11.9 Å². The first-order valence-electron chi connectivity index (χ1n) is 7.19. The van der Waals surface area contributed by atoms with Crippen LogP contribution >= 0.6 is 0 Å². The van der Waals surface area contributed by atoms with Gasteiger partial charge in [-0.25, -0.2) is 0 Å². The molecule has 1 aromatic carbocycles. The van der Waals surface area contributed by atoms with Gasteiger partial charge in [0.05, 0.1) is 26.2 Å². The van der Waals surface area contributed by atoms with Crippen molar-refractivity contribution in [2.45, 2.75) is 25.4 Å². The molecule has 0 amide bonds. The van der Waals surface area contributed by atoms with Crippen molar-refractivity contribution in [1.82, 2.24) is 4.90 Å². The average Bonchev–Trinajstić information content (AvgIpc) is 2.96. The number of likely N-dealkylation sites (N-methyl/N-ethyl adjacent to an activating group) is 1. The Balaban J connectivity index is 2.05. The maximum atomic E-state index is 11.3. The average molecular weight is 293 g/mol. The van der Waals surface area contributed by atoms with Gasteiger partial charge in [-0.15, -0.1) is 0 Å². The molecule has 1 saturated heterocycles. The van der Waals surface area contributed by atoms with Crippen molar-refractivity contribution in [3.05, 3.63) is 29.8 Å². The van der Waals surface area contributed by atoms with Gasteiger partial charge in [-0.3, -0.25) is 9.69 Å². The molecular formula is C16H23NO4. The van der Waals surface area contributed by atoms with Crippen LogP contribution in [0.5, 0.6) is 5.75 Å². The summed E-state index contributed by atoms with van der Waals surface area (Å²) in [6.07, 6.45) is 0.809. The summed E-state index contributed by atoms with van der Waals surface area (Å²) in [6, 6.07) is 8.05. The van der Waals surface area contributed by atoms with E-state index in [0.717, 1.165) is 17.7 Å². The monoisotopic (exact) mass is 293 g/mol. The SMILES string of the molecule is COc1ccccc1CC(C)N(C)C1COCC1C(=O)O. The second kappa shape index (κ2) is 6.91. The molecule has 1 N–H and O–H groups in total. The minimum Gasteiger partial charge on any atom is -0.496 e. The Morgan fingerprint density at radius 3 is 2.86 bits per heavy atom. The third-order valence-electron chi connectivity index (χ3n) is 4.29. The summed E-state index contributed by atoms with van der Waals surface area (Å²) >= 11 is 0. The Hall–Kier alpha value is -1.59. The maximum absolute atomic E-state index is 11.3. The molecule has 5 nitrogen and oxygen atoms in total. The van der Waals surface area contributed by atoms with E-state index in [2.05, 4.69) is 11.8 Å². The second-order valence-corrected chi connectivity index (χ2v) is 5.58. The molecule has 0 radical (unpaired) electrons. The molecule has 1 aliphatic heterocycles. The van der Waals surface area contributed by atoms with Crippen molar-refractivity contribution < 1.29 is 19.4 Å². The summed E-state index contributed by atoms with van der Waals surface area (Å²) in [5.41, 5.74) is 1.13. The number of carboxylic acid groups (broad SMARTS) is 1. The highest BCUT2D eigenvalue weighted by Gasteiger charge is 2.38. The maximum Gasteiger partial charge on any atom is 0.310 e. The molecule has 3 atom stereocenters. The normalized spacial score (nSPS) is 23.2. The topological polar surface area (TPSA) is 59.0 Å². The number of aliphatic carboxylic acids is 1. The van der Waals surface area contributed by atoms with E-state index in [1.54, 1.807) is 7.11 Å². The van der Waals surface area contributed by atoms with Crippen LogP contribution in [-0.2, 0) is 16.0 Å². The van der Waals surface area contributed by atoms with Crippen LogP contribution in [0, 0.1) is 5.92 Å². The number of carboxylic acids is 1. The number of methoxy groups -OCH3 is 1. The number of hydrogen-bond donors (Lipinski definition) is 1. The van der Waals surface area contributed by atoms with Gasteiger partial charge in [0.25, 0.3) is 0 Å². The van der Waals surface area contributed by atoms with Crippen LogP contribution in [0.4, 0.5) is 0 Å². The summed E-state index contributed by atoms with van der Waals surface area (Å²) in [4.78, 5) is 13.4. The van der Waals surface area contributed by atoms with Crippen molar-refractivity contribution in [3.63, 3.8) is 0 Å². The summed E-state index contributed by atoms with van der Waals surface area (Å²) < 4.78 is 10.7. The van der Waals surface area contributed by atoms with Crippen LogP contribution in [0.15, 0.2) is 24.3 Å². The van der Waals surface area contributed by atoms with E-state index >= 15 is 0 Å². The number of ether oxygens (including phenoxy) is 2. The zero-order valence-electron chi connectivity index (χ0n) is 12.8. The fourth-order valence-corrected chi connectivity index (χ4v) is 2.84. The fourth-order valence-electron chi connectivity index (χ4n) is 2.84. The highest BCUT2D eigenvalue weighted by Crippen LogP contribution is 2.24. The predicted molar refractivity (Wildman–Crippen MR) is 79.7 cm³/mol. The van der Waals surface area contributed by atoms with Gasteiger partial charge in [0.2, 0.25) is 0 Å². The van der Waals surface area contributed by atoms with Crippen molar-refractivity contribution in [2.24, 2.45) is 5.92 Å². The number of benzene rings is 1. The second-order valence-electron chi connectivity index (χ2n) is 5.58. The van der Waals surface area contributed by atoms with Gasteiger partial charge in [0.1, 0.15) is 5.75 Å². The molecule has 0 spiro atoms. The lowest BCUT2D eigenvalue weighted by Gasteiger charge is -2.32. The molecule has 21 heavy (non-hydrogen) atoms. The largest absolute Gasteiger partial charge is 0.496 e. The molecule has 5 heteroatoms. The summed E-state index contributed by atoms with van der Waals surface area (Å²) in [7, 11) is 3.63. The summed E-state index contributed by atoms with van der Waals surface area (Å²) in [6.45, 7) is 2.87. The molecule has 1 heterocycles. The summed E-state index contributed by atoms with van der Waals surface area (Å²) in [5, 5.41) is 9.26. The quantitative estimate of drug-likeness (QED) is 0.864. The highest BCUT2D eigenvalue weighted by atomic mass is 16.5. The first-order valence-corrected chi connectivity index (χ1v) is 7.19. The van der Waals surface area contributed by atoms with Gasteiger partial charge in [-0.1, -0.05) is 18.2 Å². The van der Waals surface area contributed by atoms with Crippen LogP contribution in [-0.4, -0.2) is 55.4 Å². The number of nitrogens with zero attached hydrogens (tertiary/aromatic N) is 1. The third kappa shape index (κ3) is 3.54. The highest BCUT2D eigenvalue weighted by molar-refractivity contribution is 5.71. The van der Waals surface area contributed by atoms with E-state index in [0.29, 0.717) is 13.2 Å². The van der Waals surface area contributed by atoms with E-state index in [4.69, 9.17) is 9.47 Å². The lowest BCUT2D eigenvalue weighted by atomic mass is 9.98. The van der Waals surface area contributed by atoms with E-state index in [9.17, 15) is 9.90 Å². The van der Waals surface area contributed by atoms with Crippen molar-refractivity contribution in [3.8, 4) is 5.75 Å². The Labute approximate surface area is 125 Å². The Bertz CT molecular complexity index is 491. The molecule has 1 aliphatic rings. The van der Waals surface area contributed by atoms with Gasteiger partial charge >= 0.3 is 5.97 Å². The van der Waals surface area contributed by atoms with Crippen molar-refractivity contribution >= 4 is 5.97 Å². The van der Waals surface area contributed by atoms with Crippen LogP contribution in [0.2, 0.25) is 0 Å². The molecule has 0 saturated carbocycles. The van der Waals surface area contributed by atoms with E-state index in [1.165, 1.54) is 0 Å². The number of para-hydroxylation sites is 1. The molecule has 2 rings (SSSR count). The Morgan fingerprint density at radius 1 is 1.48 bits per heavy atom. The standard InChI is InChI=1S/C16H23NO4/c1-11(8-12-6-4-5-7-15(12)20-3)17(2)14-10-21-9-13(14)16(18)19/h4-7,11,13-14H,8-10H2,1-3H3,(H,18,19). The van der Waals surface area contributed by atoms with Gasteiger partial charge in [-0.2, -0.15) is 0 Å². The Morgan fingerprint density at radius 2 is 2.19 bits per heavy atom. The molecule has 0 aromatic heterocycles. The minimum absolute atomic E-state index is 0.0767. The fraction of sp³-hybridized carbons (Fsp3) is 0.562. The number of rotatable bonds is 6. The molecule has 0 bridgehead atoms.